The molecule has 1 aromatic heterocycles. The number of para-hydroxylation sites is 1. The highest BCUT2D eigenvalue weighted by molar-refractivity contribution is 7.99. The zero-order valence-corrected chi connectivity index (χ0v) is 20.8. The summed E-state index contributed by atoms with van der Waals surface area (Å²) >= 11 is 1.23. The third kappa shape index (κ3) is 5.91. The van der Waals surface area contributed by atoms with Gasteiger partial charge in [0.1, 0.15) is 0 Å². The Balaban J connectivity index is 1.45. The smallest absolute Gasteiger partial charge is 0.262 e. The number of anilines is 1. The Bertz CT molecular complexity index is 1250. The number of rotatable bonds is 9. The van der Waals surface area contributed by atoms with Crippen LogP contribution in [0.5, 0.6) is 0 Å². The molecule has 0 bridgehead atoms. The molecule has 4 rings (SSSR count). The molecule has 8 nitrogen and oxygen atoms in total. The van der Waals surface area contributed by atoms with E-state index in [0.717, 1.165) is 12.8 Å². The van der Waals surface area contributed by atoms with Crippen LogP contribution in [0.15, 0.2) is 58.5 Å². The summed E-state index contributed by atoms with van der Waals surface area (Å²) in [6.45, 7) is 6.29. The Morgan fingerprint density at radius 1 is 1.14 bits per heavy atom. The minimum Gasteiger partial charge on any atom is -0.376 e. The second-order valence-electron chi connectivity index (χ2n) is 8.35. The van der Waals surface area contributed by atoms with Crippen molar-refractivity contribution in [3.63, 3.8) is 0 Å². The average Bonchev–Trinajstić information content (AvgIpc) is 3.39. The van der Waals surface area contributed by atoms with E-state index < -0.39 is 0 Å². The van der Waals surface area contributed by atoms with Crippen molar-refractivity contribution in [2.24, 2.45) is 0 Å². The zero-order valence-electron chi connectivity index (χ0n) is 20.0. The van der Waals surface area contributed by atoms with Gasteiger partial charge in [-0.05, 0) is 63.1 Å². The molecular formula is C26H30N4O4S. The number of carbonyl (C=O) groups excluding carboxylic acids is 2. The molecule has 1 atom stereocenters. The lowest BCUT2D eigenvalue weighted by Gasteiger charge is -2.18. The van der Waals surface area contributed by atoms with Crippen molar-refractivity contribution in [2.45, 2.75) is 44.5 Å². The number of nitrogens with zero attached hydrogens (tertiary/aromatic N) is 3. The summed E-state index contributed by atoms with van der Waals surface area (Å²) in [7, 11) is 0. The summed E-state index contributed by atoms with van der Waals surface area (Å²) in [5.74, 6) is -0.157. The van der Waals surface area contributed by atoms with E-state index in [4.69, 9.17) is 4.74 Å². The SMILES string of the molecule is CCN(CC)C(=O)c1ccc(NC(=O)CSc2nc3ccccc3c(=O)n2C[C@@H]2CCCO2)cc1. The van der Waals surface area contributed by atoms with Crippen molar-refractivity contribution in [3.8, 4) is 0 Å². The fourth-order valence-electron chi connectivity index (χ4n) is 4.13. The minimum atomic E-state index is -0.219. The second-order valence-corrected chi connectivity index (χ2v) is 9.30. The van der Waals surface area contributed by atoms with Crippen LogP contribution in [-0.2, 0) is 16.1 Å². The number of carbonyl (C=O) groups is 2. The Labute approximate surface area is 208 Å². The number of aromatic nitrogens is 2. The highest BCUT2D eigenvalue weighted by Crippen LogP contribution is 2.21. The van der Waals surface area contributed by atoms with Crippen LogP contribution >= 0.6 is 11.8 Å². The molecule has 1 aliphatic heterocycles. The molecule has 0 unspecified atom stereocenters. The van der Waals surface area contributed by atoms with E-state index in [1.54, 1.807) is 45.9 Å². The van der Waals surface area contributed by atoms with Gasteiger partial charge >= 0.3 is 0 Å². The highest BCUT2D eigenvalue weighted by Gasteiger charge is 2.21. The summed E-state index contributed by atoms with van der Waals surface area (Å²) in [4.78, 5) is 44.7. The Morgan fingerprint density at radius 3 is 2.57 bits per heavy atom. The fourth-order valence-corrected chi connectivity index (χ4v) is 4.94. The normalized spacial score (nSPS) is 15.3. The van der Waals surface area contributed by atoms with Crippen molar-refractivity contribution >= 4 is 40.2 Å². The van der Waals surface area contributed by atoms with Gasteiger partial charge in [0.15, 0.2) is 5.16 Å². The number of thioether (sulfide) groups is 1. The van der Waals surface area contributed by atoms with Gasteiger partial charge in [-0.2, -0.15) is 0 Å². The number of ether oxygens (including phenoxy) is 1. The molecule has 0 spiro atoms. The minimum absolute atomic E-state index is 0.0265. The van der Waals surface area contributed by atoms with Gasteiger partial charge in [0, 0.05) is 30.9 Å². The number of hydrogen-bond acceptors (Lipinski definition) is 6. The number of hydrogen-bond donors (Lipinski definition) is 1. The van der Waals surface area contributed by atoms with E-state index in [1.165, 1.54) is 11.8 Å². The fraction of sp³-hybridized carbons (Fsp3) is 0.385. The maximum Gasteiger partial charge on any atom is 0.262 e. The molecular weight excluding hydrogens is 464 g/mol. The van der Waals surface area contributed by atoms with E-state index >= 15 is 0 Å². The molecule has 1 aliphatic rings. The molecule has 2 heterocycles. The molecule has 35 heavy (non-hydrogen) atoms. The van der Waals surface area contributed by atoms with Gasteiger partial charge in [0.2, 0.25) is 5.91 Å². The van der Waals surface area contributed by atoms with Crippen LogP contribution in [0.2, 0.25) is 0 Å². The lowest BCUT2D eigenvalue weighted by molar-refractivity contribution is -0.113. The summed E-state index contributed by atoms with van der Waals surface area (Å²) < 4.78 is 7.36. The topological polar surface area (TPSA) is 93.5 Å². The van der Waals surface area contributed by atoms with Crippen LogP contribution in [0, 0.1) is 0 Å². The summed E-state index contributed by atoms with van der Waals surface area (Å²) in [5, 5.41) is 3.91. The molecule has 0 saturated carbocycles. The standard InChI is InChI=1S/C26H30N4O4S/c1-3-29(4-2)24(32)18-11-13-19(14-12-18)27-23(31)17-35-26-28-22-10-6-5-9-21(22)25(33)30(26)16-20-8-7-15-34-20/h5-6,9-14,20H,3-4,7-8,15-17H2,1-2H3,(H,27,31)/t20-/m0/s1. The van der Waals surface area contributed by atoms with Crippen LogP contribution < -0.4 is 10.9 Å². The maximum atomic E-state index is 13.2. The first-order chi connectivity index (χ1) is 17.0. The van der Waals surface area contributed by atoms with Crippen LogP contribution in [0.1, 0.15) is 37.0 Å². The van der Waals surface area contributed by atoms with Crippen molar-refractivity contribution in [1.29, 1.82) is 0 Å². The molecule has 2 aromatic carbocycles. The van der Waals surface area contributed by atoms with Gasteiger partial charge < -0.3 is 15.0 Å². The number of nitrogens with one attached hydrogen (secondary N) is 1. The Hall–Kier alpha value is -3.17. The third-order valence-corrected chi connectivity index (χ3v) is 7.01. The van der Waals surface area contributed by atoms with E-state index in [2.05, 4.69) is 10.3 Å². The lowest BCUT2D eigenvalue weighted by Crippen LogP contribution is -2.30. The summed E-state index contributed by atoms with van der Waals surface area (Å²) in [6.07, 6.45) is 1.85. The predicted molar refractivity (Wildman–Crippen MR) is 138 cm³/mol. The van der Waals surface area contributed by atoms with Gasteiger partial charge in [-0.1, -0.05) is 23.9 Å². The van der Waals surface area contributed by atoms with Gasteiger partial charge in [-0.25, -0.2) is 4.98 Å². The Morgan fingerprint density at radius 2 is 1.89 bits per heavy atom. The number of fused-ring (bicyclic) bond motifs is 1. The molecule has 1 N–H and O–H groups in total. The molecule has 0 radical (unpaired) electrons. The van der Waals surface area contributed by atoms with Gasteiger partial charge in [-0.3, -0.25) is 19.0 Å². The van der Waals surface area contributed by atoms with E-state index in [0.29, 0.717) is 53.6 Å². The third-order valence-electron chi connectivity index (χ3n) is 6.04. The number of benzene rings is 2. The highest BCUT2D eigenvalue weighted by atomic mass is 32.2. The maximum absolute atomic E-state index is 13.2. The molecule has 1 fully saturated rings. The molecule has 2 amide bonds. The van der Waals surface area contributed by atoms with E-state index in [9.17, 15) is 14.4 Å². The number of amides is 2. The largest absolute Gasteiger partial charge is 0.376 e. The second kappa shape index (κ2) is 11.5. The van der Waals surface area contributed by atoms with Crippen molar-refractivity contribution < 1.29 is 14.3 Å². The lowest BCUT2D eigenvalue weighted by atomic mass is 10.2. The van der Waals surface area contributed by atoms with Crippen molar-refractivity contribution in [3.05, 3.63) is 64.4 Å². The monoisotopic (exact) mass is 494 g/mol. The van der Waals surface area contributed by atoms with Gasteiger partial charge in [-0.15, -0.1) is 0 Å². The molecule has 0 aliphatic carbocycles. The average molecular weight is 495 g/mol. The summed E-state index contributed by atoms with van der Waals surface area (Å²) in [5.41, 5.74) is 1.68. The van der Waals surface area contributed by atoms with Crippen LogP contribution in [0.3, 0.4) is 0 Å². The summed E-state index contributed by atoms with van der Waals surface area (Å²) in [6, 6.07) is 14.1. The van der Waals surface area contributed by atoms with E-state index in [-0.39, 0.29) is 29.2 Å². The van der Waals surface area contributed by atoms with E-state index in [1.807, 2.05) is 26.0 Å². The van der Waals surface area contributed by atoms with Crippen LogP contribution in [-0.4, -0.2) is 57.8 Å². The molecule has 1 saturated heterocycles. The van der Waals surface area contributed by atoms with Gasteiger partial charge in [0.25, 0.3) is 11.5 Å². The van der Waals surface area contributed by atoms with Crippen LogP contribution in [0.4, 0.5) is 5.69 Å². The van der Waals surface area contributed by atoms with Gasteiger partial charge in [0.05, 0.1) is 29.3 Å². The van der Waals surface area contributed by atoms with Crippen molar-refractivity contribution in [1.82, 2.24) is 14.5 Å². The quantitative estimate of drug-likeness (QED) is 0.359. The Kier molecular flexibility index (Phi) is 8.20. The van der Waals surface area contributed by atoms with Crippen molar-refractivity contribution in [2.75, 3.05) is 30.8 Å². The molecule has 184 valence electrons. The molecule has 9 heteroatoms. The predicted octanol–water partition coefficient (Wildman–Crippen LogP) is 3.79. The first kappa shape index (κ1) is 24.9. The zero-order chi connectivity index (χ0) is 24.8. The first-order valence-electron chi connectivity index (χ1n) is 11.9. The first-order valence-corrected chi connectivity index (χ1v) is 12.9. The van der Waals surface area contributed by atoms with Crippen LogP contribution in [0.25, 0.3) is 10.9 Å². The molecule has 3 aromatic rings.